The van der Waals surface area contributed by atoms with Gasteiger partial charge in [0.2, 0.25) is 41.4 Å². The molecule has 0 spiro atoms. The molecule has 3 aliphatic heterocycles. The lowest BCUT2D eigenvalue weighted by Gasteiger charge is -2.24. The summed E-state index contributed by atoms with van der Waals surface area (Å²) in [5.74, 6) is 2.00. The third-order valence-corrected chi connectivity index (χ3v) is 26.6. The van der Waals surface area contributed by atoms with Gasteiger partial charge in [-0.3, -0.25) is 67.1 Å². The first-order valence-corrected chi connectivity index (χ1v) is 55.7. The van der Waals surface area contributed by atoms with Crippen LogP contribution in [0.2, 0.25) is 0 Å². The largest absolute Gasteiger partial charge is 0.368 e. The number of amides is 9. The first kappa shape index (κ1) is 145. The number of thioether (sulfide) groups is 3. The summed E-state index contributed by atoms with van der Waals surface area (Å²) in [5, 5.41) is 14.9. The number of alkyl halides is 1. The highest BCUT2D eigenvalue weighted by Gasteiger charge is 2.38. The van der Waals surface area contributed by atoms with Crippen molar-refractivity contribution >= 4 is 163 Å². The smallest absolute Gasteiger partial charge is 0.343 e. The van der Waals surface area contributed by atoms with E-state index in [1.807, 2.05) is 27.7 Å². The molecule has 2 unspecified atom stereocenters. The number of ketones is 3. The third kappa shape index (κ3) is 94.9. The number of carbonyl (C=O) groups excluding carboxylic acids is 15. The van der Waals surface area contributed by atoms with Crippen molar-refractivity contribution in [1.82, 2.24) is 30.8 Å². The molecule has 0 aromatic carbocycles. The quantitative estimate of drug-likeness (QED) is 0.0176. The Morgan fingerprint density at radius 1 is 0.388 bits per heavy atom. The first-order valence-electron chi connectivity index (χ1n) is 50.2. The number of imide groups is 1. The van der Waals surface area contributed by atoms with Gasteiger partial charge in [-0.1, -0.05) is 417 Å². The van der Waals surface area contributed by atoms with Gasteiger partial charge in [0.05, 0.1) is 22.6 Å². The summed E-state index contributed by atoms with van der Waals surface area (Å²) in [5.41, 5.74) is 15.1. The van der Waals surface area contributed by atoms with Crippen LogP contribution >= 0.6 is 76.5 Å². The summed E-state index contributed by atoms with van der Waals surface area (Å²) in [6, 6.07) is -1.11. The van der Waals surface area contributed by atoms with Gasteiger partial charge in [-0.25, -0.2) is 10.7 Å². The number of nitrogens with one attached hydrogen (secondary N) is 3. The molecule has 134 heavy (non-hydrogen) atoms. The normalized spacial score (nSPS) is 18.2. The Morgan fingerprint density at radius 2 is 0.619 bits per heavy atom. The van der Waals surface area contributed by atoms with Crippen molar-refractivity contribution in [3.63, 3.8) is 0 Å². The van der Waals surface area contributed by atoms with Crippen LogP contribution < -0.4 is 39.0 Å². The van der Waals surface area contributed by atoms with E-state index >= 15 is 0 Å². The second-order valence-corrected chi connectivity index (χ2v) is 38.6. The summed E-state index contributed by atoms with van der Waals surface area (Å²) in [4.78, 5) is 172. The first-order chi connectivity index (χ1) is 63.2. The molecule has 33 heteroatoms. The number of halogens is 1. The van der Waals surface area contributed by atoms with Gasteiger partial charge >= 0.3 is 5.97 Å². The van der Waals surface area contributed by atoms with Crippen molar-refractivity contribution in [2.45, 2.75) is 462 Å². The van der Waals surface area contributed by atoms with Crippen molar-refractivity contribution < 1.29 is 82.0 Å². The molecule has 27 nitrogen and oxygen atoms in total. The minimum Gasteiger partial charge on any atom is -0.368 e. The Labute approximate surface area is 846 Å². The lowest BCUT2D eigenvalue weighted by molar-refractivity contribution is -0.195. The van der Waals surface area contributed by atoms with E-state index in [-0.39, 0.29) is 127 Å². The maximum atomic E-state index is 12.0. The molecule has 0 aromatic rings. The number of hydrogen-bond acceptors (Lipinski definition) is 24. The molecule has 5 aliphatic carbocycles. The number of Topliss-reactive ketones (excluding diaryl/α,β-unsaturated/α-hetero) is 3. The zero-order chi connectivity index (χ0) is 99.1. The van der Waals surface area contributed by atoms with Crippen LogP contribution in [0.4, 0.5) is 0 Å². The Bertz CT molecular complexity index is 2610. The average molecular weight is 2060 g/mol. The lowest BCUT2D eigenvalue weighted by atomic mass is 10.0. The van der Waals surface area contributed by atoms with E-state index in [4.69, 9.17) is 16.7 Å². The number of nitrogens with two attached hydrogens (primary N) is 4. The van der Waals surface area contributed by atoms with E-state index < -0.39 is 41.7 Å². The Balaban J connectivity index is -0.000000220. The van der Waals surface area contributed by atoms with E-state index in [9.17, 15) is 71.9 Å². The monoisotopic (exact) mass is 2060 g/mol. The molecular formula is C101H197BrN10O17S5. The second-order valence-electron chi connectivity index (χ2n) is 34.1. The molecule has 0 radical (unpaired) electrons. The second kappa shape index (κ2) is 109. The van der Waals surface area contributed by atoms with E-state index in [0.717, 1.165) is 23.5 Å². The van der Waals surface area contributed by atoms with Gasteiger partial charge in [-0.05, 0) is 19.9 Å². The Hall–Kier alpha value is -4.64. The zero-order valence-electron chi connectivity index (χ0n) is 82.9. The Kier molecular flexibility index (Phi) is 117. The SMILES string of the molecule is C.C.C.C1CCCCCCCCC1.C1CCCCCCCCC1.C1CCCCCCCCC1.C1CCCCCCCCC1.C1CCCCCCCCC1.CC(=O)SCC(=O)ON1C(=O)CCC1=O.CCC(=O)CS.CCC(=O)CS.CCC(=O)CSC(C)=O.CC[C@H](C(N)=O)N1CC(CNC(=O)CBr)CC1=O.CC[C@H](C(N)=O)N1CC(CNC(=O)CSCC(=O)NC)CC1=O.CN.NO. The molecule has 8 aliphatic rings. The van der Waals surface area contributed by atoms with Gasteiger partial charge in [0.15, 0.2) is 10.2 Å². The van der Waals surface area contributed by atoms with Crippen LogP contribution in [-0.2, 0) is 76.8 Å². The van der Waals surface area contributed by atoms with Crippen LogP contribution in [0, 0.1) is 11.8 Å². The molecule has 8 rings (SSSR count). The third-order valence-electron chi connectivity index (χ3n) is 22.8. The molecule has 4 atom stereocenters. The van der Waals surface area contributed by atoms with Crippen molar-refractivity contribution in [3.8, 4) is 0 Å². The van der Waals surface area contributed by atoms with Crippen molar-refractivity contribution in [2.24, 2.45) is 34.9 Å². The summed E-state index contributed by atoms with van der Waals surface area (Å²) in [7, 11) is 3.04. The van der Waals surface area contributed by atoms with Gasteiger partial charge < -0.3 is 53.0 Å². The number of nitrogens with zero attached hydrogens (tertiary/aromatic N) is 3. The number of hydroxylamine groups is 2. The maximum Gasteiger partial charge on any atom is 0.343 e. The number of carbonyl (C=O) groups is 15. The van der Waals surface area contributed by atoms with Gasteiger partial charge in [0.1, 0.15) is 35.2 Å². The molecule has 9 amide bonds. The predicted octanol–water partition coefficient (Wildman–Crippen LogP) is 21.5. The molecule has 8 fully saturated rings. The van der Waals surface area contributed by atoms with Gasteiger partial charge in [-0.2, -0.15) is 25.3 Å². The van der Waals surface area contributed by atoms with Crippen molar-refractivity contribution in [1.29, 1.82) is 0 Å². The van der Waals surface area contributed by atoms with Crippen molar-refractivity contribution in [3.05, 3.63) is 0 Å². The highest BCUT2D eigenvalue weighted by molar-refractivity contribution is 9.09. The van der Waals surface area contributed by atoms with Gasteiger partial charge in [0, 0.05) is 115 Å². The van der Waals surface area contributed by atoms with Crippen LogP contribution in [0.15, 0.2) is 0 Å². The topological polar surface area (TPSA) is 435 Å². The molecule has 5 saturated carbocycles. The zero-order valence-corrected chi connectivity index (χ0v) is 88.8. The van der Waals surface area contributed by atoms with E-state index in [2.05, 4.69) is 73.6 Å². The molecule has 0 aromatic heterocycles. The minimum absolute atomic E-state index is 0. The highest BCUT2D eigenvalue weighted by Crippen LogP contribution is 2.25. The lowest BCUT2D eigenvalue weighted by Crippen LogP contribution is -2.45. The van der Waals surface area contributed by atoms with Gasteiger partial charge in [0.25, 0.3) is 11.8 Å². The average Bonchev–Trinajstić information content (AvgIpc) is 1.71. The molecule has 0 bridgehead atoms. The number of thiol groups is 2. The fraction of sp³-hybridized carbons (Fsp3) is 0.851. The van der Waals surface area contributed by atoms with E-state index in [1.54, 1.807) is 14.0 Å². The molecule has 3 saturated heterocycles. The number of likely N-dealkylation sites (tertiary alicyclic amines) is 2. The molecule has 3 heterocycles. The molecular weight excluding hydrogens is 1870 g/mol. The number of rotatable bonds is 25. The van der Waals surface area contributed by atoms with Crippen LogP contribution in [0.1, 0.15) is 450 Å². The maximum absolute atomic E-state index is 12.0. The standard InChI is InChI=1S/C14H24N4O4S.C11H18BrN3O3.5C10H20.C8H9NO5S.C6H10O2S.2C4H8OS.CH5N.3CH4.H3NO/c1-3-10(14(15)22)18-6-9(4-13(18)21)5-17-12(20)8-23-7-11(19)16-2;1-2-8(11(13)18)15-6-7(3-10(15)17)5-14-9(16)4-12;5*1-2-4-6-8-10-9-7-5-3-1;1-5(10)15-4-8(13)14-9-6(11)2-3-7(9)12;1-3-6(8)4-9-5(2)7;2*1-2-4(5)3-6;1-2;;;;1-2/h9-10H,3-8H2,1-2H3,(H2,15,22)(H,16,19)(H,17,20);7-8H,2-6H2,1H3,(H2,13,18)(H,14,16);5*1-10H2;2-4H2,1H3;3-4H2,1-2H3;2*6H,2-3H2,1H3;2H2,1H3;3*1H4;2H,1H2/t9?,10-;7?,8-;;;;;;;;;;;;;;/m11............../s1. The fourth-order valence-electron chi connectivity index (χ4n) is 14.9. The van der Waals surface area contributed by atoms with Crippen molar-refractivity contribution in [2.75, 3.05) is 80.1 Å². The predicted molar refractivity (Wildman–Crippen MR) is 572 cm³/mol. The summed E-state index contributed by atoms with van der Waals surface area (Å²) in [6.07, 6.45) is 78.5. The minimum atomic E-state index is -0.779. The number of primary amides is 2. The highest BCUT2D eigenvalue weighted by atomic mass is 79.9. The molecule has 12 N–H and O–H groups in total. The van der Waals surface area contributed by atoms with Crippen LogP contribution in [0.5, 0.6) is 0 Å². The van der Waals surface area contributed by atoms with Gasteiger partial charge in [-0.15, -0.1) is 16.8 Å². The summed E-state index contributed by atoms with van der Waals surface area (Å²) < 4.78 is 0. The van der Waals surface area contributed by atoms with E-state index in [1.165, 1.54) is 363 Å². The van der Waals surface area contributed by atoms with Crippen LogP contribution in [-0.4, -0.2) is 199 Å². The van der Waals surface area contributed by atoms with Crippen LogP contribution in [0.25, 0.3) is 0 Å². The fourth-order valence-corrected chi connectivity index (χ4v) is 17.2. The Morgan fingerprint density at radius 3 is 0.813 bits per heavy atom. The molecule has 790 valence electrons. The summed E-state index contributed by atoms with van der Waals surface area (Å²) >= 11 is 13.6. The van der Waals surface area contributed by atoms with E-state index in [0.29, 0.717) is 93.4 Å². The summed E-state index contributed by atoms with van der Waals surface area (Å²) in [6.45, 7) is 13.6. The van der Waals surface area contributed by atoms with Crippen LogP contribution in [0.3, 0.4) is 0 Å². The number of hydrogen-bond donors (Lipinski definition) is 10.